The zero-order valence-electron chi connectivity index (χ0n) is 21.0. The molecule has 2 aliphatic rings. The van der Waals surface area contributed by atoms with Gasteiger partial charge in [-0.15, -0.1) is 0 Å². The highest BCUT2D eigenvalue weighted by atomic mass is 32.2. The van der Waals surface area contributed by atoms with E-state index in [4.69, 9.17) is 9.90 Å². The van der Waals surface area contributed by atoms with Gasteiger partial charge in [-0.1, -0.05) is 0 Å². The molecule has 0 aliphatic carbocycles. The first-order chi connectivity index (χ1) is 18.7. The molecule has 10 nitrogen and oxygen atoms in total. The van der Waals surface area contributed by atoms with Gasteiger partial charge in [-0.2, -0.15) is 13.2 Å². The molecule has 0 spiro atoms. The third-order valence-electron chi connectivity index (χ3n) is 6.32. The van der Waals surface area contributed by atoms with Gasteiger partial charge in [-0.05, 0) is 69.0 Å². The van der Waals surface area contributed by atoms with E-state index in [-0.39, 0.29) is 17.1 Å². The number of anilines is 2. The predicted molar refractivity (Wildman–Crippen MR) is 133 cm³/mol. The fraction of sp³-hybridized carbons (Fsp3) is 0.458. The Hall–Kier alpha value is -3.53. The van der Waals surface area contributed by atoms with E-state index >= 15 is 0 Å². The number of nitrogens with one attached hydrogen (secondary N) is 1. The van der Waals surface area contributed by atoms with Gasteiger partial charge in [0.25, 0.3) is 10.0 Å². The average Bonchev–Trinajstić information content (AvgIpc) is 3.38. The van der Waals surface area contributed by atoms with Crippen LogP contribution in [-0.4, -0.2) is 79.4 Å². The van der Waals surface area contributed by atoms with Crippen LogP contribution in [0.4, 0.5) is 33.5 Å². The molecule has 1 aromatic heterocycles. The minimum atomic E-state index is -5.08. The van der Waals surface area contributed by atoms with E-state index in [1.807, 2.05) is 4.90 Å². The second-order valence-corrected chi connectivity index (χ2v) is 11.0. The number of carboxylic acids is 2. The van der Waals surface area contributed by atoms with Crippen LogP contribution in [0.1, 0.15) is 36.0 Å². The van der Waals surface area contributed by atoms with E-state index in [9.17, 15) is 40.3 Å². The lowest BCUT2D eigenvalue weighted by atomic mass is 9.97. The number of aromatic nitrogens is 1. The zero-order valence-corrected chi connectivity index (χ0v) is 21.8. The molecular formula is C24H27F5N4O6S. The van der Waals surface area contributed by atoms with Crippen LogP contribution >= 0.6 is 0 Å². The highest BCUT2D eigenvalue weighted by molar-refractivity contribution is 7.92. The number of carbonyl (C=O) groups is 2. The Balaban J connectivity index is 0.000000559. The van der Waals surface area contributed by atoms with Crippen molar-refractivity contribution in [2.75, 3.05) is 42.3 Å². The molecule has 220 valence electrons. The Morgan fingerprint density at radius 1 is 1.05 bits per heavy atom. The summed E-state index contributed by atoms with van der Waals surface area (Å²) in [6.45, 7) is 4.36. The molecule has 40 heavy (non-hydrogen) atoms. The summed E-state index contributed by atoms with van der Waals surface area (Å²) in [5.74, 6) is -5.43. The predicted octanol–water partition coefficient (Wildman–Crippen LogP) is 3.80. The summed E-state index contributed by atoms with van der Waals surface area (Å²) in [6, 6.07) is 3.28. The maximum absolute atomic E-state index is 14.2. The number of nitrogens with zero attached hydrogens (tertiary/aromatic N) is 3. The van der Waals surface area contributed by atoms with Gasteiger partial charge in [0.15, 0.2) is 5.82 Å². The highest BCUT2D eigenvalue weighted by Gasteiger charge is 2.38. The van der Waals surface area contributed by atoms with E-state index in [0.29, 0.717) is 25.1 Å². The number of likely N-dealkylation sites (tertiary alicyclic amines) is 1. The number of aromatic carboxylic acids is 1. The molecule has 2 saturated heterocycles. The molecule has 1 atom stereocenters. The van der Waals surface area contributed by atoms with Crippen molar-refractivity contribution in [1.29, 1.82) is 0 Å². The molecule has 0 radical (unpaired) electrons. The van der Waals surface area contributed by atoms with Crippen LogP contribution in [0.5, 0.6) is 0 Å². The molecule has 4 rings (SSSR count). The number of benzene rings is 1. The highest BCUT2D eigenvalue weighted by Crippen LogP contribution is 2.32. The van der Waals surface area contributed by atoms with Crippen LogP contribution in [0, 0.1) is 17.6 Å². The second-order valence-electron chi connectivity index (χ2n) is 9.35. The standard InChI is InChI=1S/C22H26F2N4O4S.C2HF3O2/c23-17-5-6-18(24)20(11-17)33(31,32)26-19-10-16(22(29)30)12-25-21(19)28-9-3-4-15(14-28)13-27-7-1-2-8-27;3-2(4,5)1(6)7/h5-6,10-12,15,26H,1-4,7-9,13-14H2,(H,29,30);(H,6,7). The number of halogens is 5. The van der Waals surface area contributed by atoms with Crippen molar-refractivity contribution in [2.24, 2.45) is 5.92 Å². The number of aliphatic carboxylic acids is 1. The number of alkyl halides is 3. The number of rotatable bonds is 7. The smallest absolute Gasteiger partial charge is 0.478 e. The van der Waals surface area contributed by atoms with Crippen molar-refractivity contribution >= 4 is 33.5 Å². The molecule has 2 aromatic rings. The Bertz CT molecular complexity index is 1340. The van der Waals surface area contributed by atoms with Gasteiger partial charge in [-0.3, -0.25) is 4.72 Å². The summed E-state index contributed by atoms with van der Waals surface area (Å²) in [4.78, 5) is 28.1. The van der Waals surface area contributed by atoms with Gasteiger partial charge in [0.05, 0.1) is 11.3 Å². The number of carboxylic acid groups (broad SMARTS) is 2. The number of piperidine rings is 1. The van der Waals surface area contributed by atoms with Crippen LogP contribution in [0.15, 0.2) is 35.4 Å². The third-order valence-corrected chi connectivity index (χ3v) is 7.70. The maximum Gasteiger partial charge on any atom is 0.490 e. The van der Waals surface area contributed by atoms with Gasteiger partial charge >= 0.3 is 18.1 Å². The van der Waals surface area contributed by atoms with E-state index < -0.39 is 44.7 Å². The van der Waals surface area contributed by atoms with E-state index in [2.05, 4.69) is 14.6 Å². The van der Waals surface area contributed by atoms with Gasteiger partial charge in [0.1, 0.15) is 16.5 Å². The third kappa shape index (κ3) is 8.24. The summed E-state index contributed by atoms with van der Waals surface area (Å²) >= 11 is 0. The van der Waals surface area contributed by atoms with Crippen molar-refractivity contribution in [3.05, 3.63) is 47.7 Å². The lowest BCUT2D eigenvalue weighted by Crippen LogP contribution is -2.41. The maximum atomic E-state index is 14.2. The van der Waals surface area contributed by atoms with Crippen molar-refractivity contribution in [3.63, 3.8) is 0 Å². The van der Waals surface area contributed by atoms with E-state index in [1.165, 1.54) is 19.0 Å². The quantitative estimate of drug-likeness (QED) is 0.409. The number of hydrogen-bond acceptors (Lipinski definition) is 7. The molecule has 3 N–H and O–H groups in total. The van der Waals surface area contributed by atoms with Crippen LogP contribution in [0.2, 0.25) is 0 Å². The van der Waals surface area contributed by atoms with Crippen molar-refractivity contribution in [3.8, 4) is 0 Å². The molecule has 2 aliphatic heterocycles. The first-order valence-corrected chi connectivity index (χ1v) is 13.6. The summed E-state index contributed by atoms with van der Waals surface area (Å²) in [5.41, 5.74) is -0.304. The zero-order chi connectivity index (χ0) is 29.7. The Morgan fingerprint density at radius 2 is 1.70 bits per heavy atom. The molecule has 16 heteroatoms. The van der Waals surface area contributed by atoms with Crippen LogP contribution in [0.25, 0.3) is 0 Å². The number of sulfonamides is 1. The lowest BCUT2D eigenvalue weighted by Gasteiger charge is -2.36. The molecule has 0 amide bonds. The minimum absolute atomic E-state index is 0.0830. The first kappa shape index (κ1) is 31.0. The average molecular weight is 595 g/mol. The molecule has 0 saturated carbocycles. The SMILES string of the molecule is O=C(O)C(F)(F)F.O=C(O)c1cnc(N2CCCC(CN3CCCC3)C2)c(NS(=O)(=O)c2cc(F)ccc2F)c1. The Labute approximate surface area is 226 Å². The van der Waals surface area contributed by atoms with Gasteiger partial charge < -0.3 is 20.0 Å². The summed E-state index contributed by atoms with van der Waals surface area (Å²) in [7, 11) is -4.54. The normalized spacial score (nSPS) is 18.1. The number of pyridine rings is 1. The van der Waals surface area contributed by atoms with Gasteiger partial charge in [0, 0.05) is 25.8 Å². The fourth-order valence-corrected chi connectivity index (χ4v) is 5.66. The molecule has 3 heterocycles. The Kier molecular flexibility index (Phi) is 9.89. The fourth-order valence-electron chi connectivity index (χ4n) is 4.52. The van der Waals surface area contributed by atoms with Gasteiger partial charge in [0.2, 0.25) is 0 Å². The summed E-state index contributed by atoms with van der Waals surface area (Å²) < 4.78 is 87.5. The lowest BCUT2D eigenvalue weighted by molar-refractivity contribution is -0.192. The molecule has 1 aromatic carbocycles. The largest absolute Gasteiger partial charge is 0.490 e. The van der Waals surface area contributed by atoms with Crippen LogP contribution in [0.3, 0.4) is 0 Å². The topological polar surface area (TPSA) is 140 Å². The van der Waals surface area contributed by atoms with E-state index in [1.54, 1.807) is 0 Å². The molecule has 1 unspecified atom stereocenters. The van der Waals surface area contributed by atoms with Crippen LogP contribution < -0.4 is 9.62 Å². The first-order valence-electron chi connectivity index (χ1n) is 12.2. The Morgan fingerprint density at radius 3 is 2.30 bits per heavy atom. The van der Waals surface area contributed by atoms with Gasteiger partial charge in [-0.25, -0.2) is 31.8 Å². The van der Waals surface area contributed by atoms with Crippen molar-refractivity contribution in [2.45, 2.75) is 36.8 Å². The molecule has 0 bridgehead atoms. The summed E-state index contributed by atoms with van der Waals surface area (Å²) in [6.07, 6.45) is 0.387. The van der Waals surface area contributed by atoms with Crippen LogP contribution in [-0.2, 0) is 14.8 Å². The number of hydrogen-bond donors (Lipinski definition) is 3. The molecule has 2 fully saturated rings. The van der Waals surface area contributed by atoms with Crippen molar-refractivity contribution in [1.82, 2.24) is 9.88 Å². The minimum Gasteiger partial charge on any atom is -0.478 e. The monoisotopic (exact) mass is 594 g/mol. The van der Waals surface area contributed by atoms with Crippen molar-refractivity contribution < 1.29 is 50.2 Å². The summed E-state index contributed by atoms with van der Waals surface area (Å²) in [5, 5.41) is 16.5. The molecular weight excluding hydrogens is 567 g/mol. The van der Waals surface area contributed by atoms with E-state index in [0.717, 1.165) is 50.7 Å². The second kappa shape index (κ2) is 12.8.